The van der Waals surface area contributed by atoms with E-state index in [1.165, 1.54) is 18.3 Å². The third-order valence-electron chi connectivity index (χ3n) is 1.28. The van der Waals surface area contributed by atoms with Crippen molar-refractivity contribution in [3.05, 3.63) is 9.48 Å². The van der Waals surface area contributed by atoms with Gasteiger partial charge in [0.15, 0.2) is 5.13 Å². The Bertz CT molecular complexity index is 313. The molecule has 6 heteroatoms. The van der Waals surface area contributed by atoms with Crippen LogP contribution in [0.4, 0.5) is 5.13 Å². The predicted molar refractivity (Wildman–Crippen MR) is 56.9 cm³/mol. The second-order valence-corrected chi connectivity index (χ2v) is 4.77. The van der Waals surface area contributed by atoms with Crippen molar-refractivity contribution in [2.45, 2.75) is 13.5 Å². The number of halogens is 1. The monoisotopic (exact) mass is 263 g/mol. The van der Waals surface area contributed by atoms with Gasteiger partial charge in [-0.1, -0.05) is 11.3 Å². The van der Waals surface area contributed by atoms with Gasteiger partial charge in [-0.2, -0.15) is 0 Å². The highest BCUT2D eigenvalue weighted by Gasteiger charge is 2.08. The zero-order valence-corrected chi connectivity index (χ0v) is 9.75. The maximum Gasteiger partial charge on any atom is 0.223 e. The second-order valence-electron chi connectivity index (χ2n) is 2.45. The maximum atomic E-state index is 10.7. The zero-order valence-electron chi connectivity index (χ0n) is 7.35. The summed E-state index contributed by atoms with van der Waals surface area (Å²) in [7, 11) is 1.85. The Morgan fingerprint density at radius 3 is 2.92 bits per heavy atom. The summed E-state index contributed by atoms with van der Waals surface area (Å²) in [5.74, 6) is -0.0998. The Morgan fingerprint density at radius 2 is 2.38 bits per heavy atom. The average Bonchev–Trinajstić information content (AvgIpc) is 2.31. The SMILES string of the molecule is CNCc1nc(NC(C)=O)sc1Br. The van der Waals surface area contributed by atoms with Crippen molar-refractivity contribution in [1.82, 2.24) is 10.3 Å². The number of nitrogens with zero attached hydrogens (tertiary/aromatic N) is 1. The van der Waals surface area contributed by atoms with Gasteiger partial charge in [0.2, 0.25) is 5.91 Å². The van der Waals surface area contributed by atoms with E-state index in [1.807, 2.05) is 7.05 Å². The summed E-state index contributed by atoms with van der Waals surface area (Å²) >= 11 is 4.79. The molecule has 13 heavy (non-hydrogen) atoms. The molecule has 0 bridgehead atoms. The van der Waals surface area contributed by atoms with Gasteiger partial charge < -0.3 is 10.6 Å². The van der Waals surface area contributed by atoms with Crippen LogP contribution in [-0.4, -0.2) is 17.9 Å². The fourth-order valence-corrected chi connectivity index (χ4v) is 2.26. The standard InChI is InChI=1S/C7H10BrN3OS/c1-4(12)10-7-11-5(3-9-2)6(8)13-7/h9H,3H2,1-2H3,(H,10,11,12). The predicted octanol–water partition coefficient (Wildman–Crippen LogP) is 1.58. The van der Waals surface area contributed by atoms with E-state index >= 15 is 0 Å². The van der Waals surface area contributed by atoms with Crippen LogP contribution in [0.2, 0.25) is 0 Å². The summed E-state index contributed by atoms with van der Waals surface area (Å²) in [4.78, 5) is 14.9. The second kappa shape index (κ2) is 4.69. The molecule has 0 aliphatic carbocycles. The van der Waals surface area contributed by atoms with Crippen LogP contribution < -0.4 is 10.6 Å². The first-order valence-electron chi connectivity index (χ1n) is 3.71. The van der Waals surface area contributed by atoms with Gasteiger partial charge in [0.05, 0.1) is 9.48 Å². The van der Waals surface area contributed by atoms with E-state index in [0.29, 0.717) is 11.7 Å². The molecular formula is C7H10BrN3OS. The molecule has 0 aliphatic heterocycles. The van der Waals surface area contributed by atoms with Crippen LogP contribution >= 0.6 is 27.3 Å². The molecule has 4 nitrogen and oxygen atoms in total. The summed E-state index contributed by atoms with van der Waals surface area (Å²) in [6, 6.07) is 0. The Morgan fingerprint density at radius 1 is 1.69 bits per heavy atom. The Hall–Kier alpha value is -0.460. The third-order valence-corrected chi connectivity index (χ3v) is 3.02. The normalized spacial score (nSPS) is 10.1. The molecule has 1 aromatic heterocycles. The first kappa shape index (κ1) is 10.6. The molecule has 1 heterocycles. The van der Waals surface area contributed by atoms with E-state index in [0.717, 1.165) is 9.48 Å². The number of aromatic nitrogens is 1. The minimum atomic E-state index is -0.0998. The van der Waals surface area contributed by atoms with Crippen LogP contribution in [0.25, 0.3) is 0 Å². The van der Waals surface area contributed by atoms with E-state index in [4.69, 9.17) is 0 Å². The number of thiazole rings is 1. The van der Waals surface area contributed by atoms with E-state index < -0.39 is 0 Å². The first-order chi connectivity index (χ1) is 6.13. The van der Waals surface area contributed by atoms with E-state index in [1.54, 1.807) is 0 Å². The van der Waals surface area contributed by atoms with Crippen molar-refractivity contribution < 1.29 is 4.79 Å². The molecule has 0 radical (unpaired) electrons. The number of nitrogens with one attached hydrogen (secondary N) is 2. The van der Waals surface area contributed by atoms with Crippen LogP contribution in [0.5, 0.6) is 0 Å². The number of rotatable bonds is 3. The number of carbonyl (C=O) groups is 1. The fraction of sp³-hybridized carbons (Fsp3) is 0.429. The van der Waals surface area contributed by atoms with E-state index in [-0.39, 0.29) is 5.91 Å². The van der Waals surface area contributed by atoms with Crippen LogP contribution in [0.1, 0.15) is 12.6 Å². The number of hydrogen-bond donors (Lipinski definition) is 2. The maximum absolute atomic E-state index is 10.7. The first-order valence-corrected chi connectivity index (χ1v) is 5.32. The van der Waals surface area contributed by atoms with Crippen LogP contribution in [0.15, 0.2) is 3.79 Å². The van der Waals surface area contributed by atoms with Gasteiger partial charge in [0, 0.05) is 13.5 Å². The smallest absolute Gasteiger partial charge is 0.223 e. The minimum absolute atomic E-state index is 0.0998. The highest BCUT2D eigenvalue weighted by Crippen LogP contribution is 2.28. The number of anilines is 1. The number of hydrogen-bond acceptors (Lipinski definition) is 4. The topological polar surface area (TPSA) is 54.0 Å². The van der Waals surface area contributed by atoms with Gasteiger partial charge in [-0.3, -0.25) is 4.79 Å². The van der Waals surface area contributed by atoms with Gasteiger partial charge in [-0.05, 0) is 23.0 Å². The number of carbonyl (C=O) groups excluding carboxylic acids is 1. The summed E-state index contributed by atoms with van der Waals surface area (Å²) in [6.07, 6.45) is 0. The summed E-state index contributed by atoms with van der Waals surface area (Å²) < 4.78 is 0.950. The van der Waals surface area contributed by atoms with Gasteiger partial charge in [0.1, 0.15) is 0 Å². The van der Waals surface area contributed by atoms with Gasteiger partial charge in [-0.15, -0.1) is 0 Å². The minimum Gasteiger partial charge on any atom is -0.314 e. The quantitative estimate of drug-likeness (QED) is 0.871. The van der Waals surface area contributed by atoms with Crippen molar-refractivity contribution >= 4 is 38.3 Å². The Balaban J connectivity index is 2.76. The summed E-state index contributed by atoms with van der Waals surface area (Å²) in [5.41, 5.74) is 0.913. The third kappa shape index (κ3) is 3.06. The van der Waals surface area contributed by atoms with Crippen molar-refractivity contribution in [1.29, 1.82) is 0 Å². The Labute approximate surface area is 88.9 Å². The number of amides is 1. The largest absolute Gasteiger partial charge is 0.314 e. The molecule has 0 aliphatic rings. The van der Waals surface area contributed by atoms with E-state index in [2.05, 4.69) is 31.5 Å². The molecule has 72 valence electrons. The van der Waals surface area contributed by atoms with Gasteiger partial charge >= 0.3 is 0 Å². The Kier molecular flexibility index (Phi) is 3.83. The van der Waals surface area contributed by atoms with Crippen molar-refractivity contribution in [3.8, 4) is 0 Å². The molecule has 2 N–H and O–H groups in total. The van der Waals surface area contributed by atoms with Crippen molar-refractivity contribution in [2.24, 2.45) is 0 Å². The fourth-order valence-electron chi connectivity index (χ4n) is 0.814. The molecule has 1 aromatic rings. The van der Waals surface area contributed by atoms with E-state index in [9.17, 15) is 4.79 Å². The highest BCUT2D eigenvalue weighted by molar-refractivity contribution is 9.11. The molecule has 1 rings (SSSR count). The van der Waals surface area contributed by atoms with Gasteiger partial charge in [-0.25, -0.2) is 4.98 Å². The lowest BCUT2D eigenvalue weighted by atomic mass is 10.5. The van der Waals surface area contributed by atoms with Crippen molar-refractivity contribution in [2.75, 3.05) is 12.4 Å². The molecule has 0 spiro atoms. The lowest BCUT2D eigenvalue weighted by molar-refractivity contribution is -0.114. The van der Waals surface area contributed by atoms with Crippen LogP contribution in [0.3, 0.4) is 0 Å². The van der Waals surface area contributed by atoms with Crippen LogP contribution in [-0.2, 0) is 11.3 Å². The summed E-state index contributed by atoms with van der Waals surface area (Å²) in [6.45, 7) is 2.16. The van der Waals surface area contributed by atoms with Crippen LogP contribution in [0, 0.1) is 0 Å². The highest BCUT2D eigenvalue weighted by atomic mass is 79.9. The van der Waals surface area contributed by atoms with Gasteiger partial charge in [0.25, 0.3) is 0 Å². The molecule has 0 aromatic carbocycles. The molecule has 0 atom stereocenters. The molecule has 0 fully saturated rings. The summed E-state index contributed by atoms with van der Waals surface area (Å²) in [5, 5.41) is 6.26. The van der Waals surface area contributed by atoms with Crippen molar-refractivity contribution in [3.63, 3.8) is 0 Å². The molecule has 0 saturated heterocycles. The molecule has 0 saturated carbocycles. The molecule has 0 unspecified atom stereocenters. The zero-order chi connectivity index (χ0) is 9.84. The lowest BCUT2D eigenvalue weighted by Crippen LogP contribution is -2.08. The molecular weight excluding hydrogens is 254 g/mol. The lowest BCUT2D eigenvalue weighted by Gasteiger charge is -1.94. The average molecular weight is 264 g/mol. The molecule has 1 amide bonds.